The number of amides is 4. The molecule has 16 nitrogen and oxygen atoms in total. The molecule has 4 aliphatic heterocycles. The molecule has 3 fully saturated rings. The molecule has 16 heteroatoms. The zero-order chi connectivity index (χ0) is 45.8. The summed E-state index contributed by atoms with van der Waals surface area (Å²) < 4.78 is 17.4. The summed E-state index contributed by atoms with van der Waals surface area (Å²) in [5, 5.41) is 16.8. The van der Waals surface area contributed by atoms with Gasteiger partial charge in [0.1, 0.15) is 36.1 Å². The normalized spacial score (nSPS) is 25.4. The molecule has 65 heavy (non-hydrogen) atoms. The van der Waals surface area contributed by atoms with E-state index >= 15 is 0 Å². The molecular formula is C49H60N8O8. The van der Waals surface area contributed by atoms with Crippen LogP contribution in [0.4, 0.5) is 9.59 Å². The summed E-state index contributed by atoms with van der Waals surface area (Å²) in [6.45, 7) is 12.3. The number of methoxy groups -OCH3 is 1. The third-order valence-corrected chi connectivity index (χ3v) is 14.4. The quantitative estimate of drug-likeness (QED) is 0.0906. The molecule has 0 aliphatic carbocycles. The van der Waals surface area contributed by atoms with Crippen molar-refractivity contribution in [1.29, 1.82) is 0 Å². The summed E-state index contributed by atoms with van der Waals surface area (Å²) in [7, 11) is 1.31. The van der Waals surface area contributed by atoms with Crippen molar-refractivity contribution in [2.45, 2.75) is 142 Å². The molecule has 3 aromatic carbocycles. The van der Waals surface area contributed by atoms with E-state index in [1.54, 1.807) is 11.1 Å². The minimum atomic E-state index is -1.21. The van der Waals surface area contributed by atoms with Crippen molar-refractivity contribution >= 4 is 45.8 Å². The summed E-state index contributed by atoms with van der Waals surface area (Å²) in [6.07, 6.45) is 4.89. The maximum absolute atomic E-state index is 14.6. The Morgan fingerprint density at radius 2 is 1.58 bits per heavy atom. The molecule has 0 spiro atoms. The van der Waals surface area contributed by atoms with Gasteiger partial charge in [-0.25, -0.2) is 19.6 Å². The van der Waals surface area contributed by atoms with Crippen LogP contribution in [0.5, 0.6) is 5.75 Å². The van der Waals surface area contributed by atoms with Crippen LogP contribution in [0.25, 0.3) is 44.2 Å². The number of ether oxygens (including phenoxy) is 3. The highest BCUT2D eigenvalue weighted by molar-refractivity contribution is 6.07. The van der Waals surface area contributed by atoms with Crippen LogP contribution in [0.1, 0.15) is 116 Å². The highest BCUT2D eigenvalue weighted by Gasteiger charge is 2.45. The second-order valence-electron chi connectivity index (χ2n) is 18.8. The zero-order valence-corrected chi connectivity index (χ0v) is 38.1. The van der Waals surface area contributed by atoms with Gasteiger partial charge < -0.3 is 49.7 Å². The number of benzene rings is 3. The first-order valence-corrected chi connectivity index (χ1v) is 23.1. The number of carbonyl (C=O) groups is 4. The van der Waals surface area contributed by atoms with E-state index in [1.807, 2.05) is 45.6 Å². The molecule has 4 amide bonds. The van der Waals surface area contributed by atoms with Crippen LogP contribution in [0.15, 0.2) is 48.7 Å². The van der Waals surface area contributed by atoms with Gasteiger partial charge in [0.05, 0.1) is 54.3 Å². The van der Waals surface area contributed by atoms with Crippen molar-refractivity contribution < 1.29 is 38.5 Å². The van der Waals surface area contributed by atoms with E-state index in [0.717, 1.165) is 81.2 Å². The second kappa shape index (κ2) is 17.7. The summed E-state index contributed by atoms with van der Waals surface area (Å²) in [6, 6.07) is 12.3. The van der Waals surface area contributed by atoms with Crippen molar-refractivity contribution in [3.8, 4) is 28.1 Å². The lowest BCUT2D eigenvalue weighted by molar-refractivity contribution is -0.140. The van der Waals surface area contributed by atoms with Crippen molar-refractivity contribution in [1.82, 2.24) is 40.4 Å². The van der Waals surface area contributed by atoms with E-state index in [2.05, 4.69) is 63.9 Å². The predicted molar refractivity (Wildman–Crippen MR) is 244 cm³/mol. The summed E-state index contributed by atoms with van der Waals surface area (Å²) in [5.41, 5.74) is 6.50. The van der Waals surface area contributed by atoms with Gasteiger partial charge in [0.2, 0.25) is 11.8 Å². The Bertz CT molecular complexity index is 2630. The topological polar surface area (TPSA) is 204 Å². The fourth-order valence-corrected chi connectivity index (χ4v) is 11.0. The number of hydrogen-bond acceptors (Lipinski definition) is 9. The second-order valence-corrected chi connectivity index (χ2v) is 18.8. The first-order chi connectivity index (χ1) is 31.2. The van der Waals surface area contributed by atoms with Gasteiger partial charge in [0.25, 0.3) is 0 Å². The Morgan fingerprint density at radius 3 is 2.28 bits per heavy atom. The lowest BCUT2D eigenvalue weighted by Gasteiger charge is -2.39. The maximum atomic E-state index is 14.6. The third-order valence-electron chi connectivity index (χ3n) is 14.4. The van der Waals surface area contributed by atoms with Crippen molar-refractivity contribution in [3.63, 3.8) is 0 Å². The van der Waals surface area contributed by atoms with Gasteiger partial charge in [-0.3, -0.25) is 9.59 Å². The molecule has 5 N–H and O–H groups in total. The first kappa shape index (κ1) is 44.1. The number of hydrogen-bond donors (Lipinski definition) is 5. The molecule has 3 unspecified atom stereocenters. The maximum Gasteiger partial charge on any atom is 0.407 e. The average Bonchev–Trinajstić information content (AvgIpc) is 4.11. The van der Waals surface area contributed by atoms with Crippen LogP contribution in [0.3, 0.4) is 0 Å². The lowest BCUT2D eigenvalue weighted by Crippen LogP contribution is -2.55. The van der Waals surface area contributed by atoms with E-state index in [4.69, 9.17) is 24.2 Å². The van der Waals surface area contributed by atoms with Crippen LogP contribution >= 0.6 is 0 Å². The van der Waals surface area contributed by atoms with E-state index in [1.165, 1.54) is 7.11 Å². The largest absolute Gasteiger partial charge is 0.488 e. The molecule has 9 rings (SSSR count). The number of imidazole rings is 2. The van der Waals surface area contributed by atoms with Gasteiger partial charge in [-0.15, -0.1) is 0 Å². The summed E-state index contributed by atoms with van der Waals surface area (Å²) in [4.78, 5) is 73.4. The molecule has 0 bridgehead atoms. The molecule has 3 saturated heterocycles. The number of aromatic nitrogens is 4. The molecule has 0 radical (unpaired) electrons. The molecular weight excluding hydrogens is 829 g/mol. The van der Waals surface area contributed by atoms with Crippen molar-refractivity contribution in [2.24, 2.45) is 11.8 Å². The smallest absolute Gasteiger partial charge is 0.407 e. The standard InChI is InChI=1S/C49H60N8O8/c1-8-24(2)41(54-48(60)61)46(58)56-25(3)9-15-38(56)44-50-22-37(52-44)30-11-13-33-32(19-30)23-64-40-21-34-29(20-35(33)40)12-14-36-43(34)53-45(51-36)39-16-10-26(4)57(39)47(59)42(55-49(62)63-7)31-17-27(5)65-28(6)18-31/h11-14,19-22,24-28,31,38-39,41-42,54H,8-10,15-18,23H2,1-7H3,(H,50,52)(H,51,53)(H,55,62)(H,60,61)/t24?,25-,26-,27+,28+,38-,39-,41?,42?/m0/s1. The van der Waals surface area contributed by atoms with Crippen molar-refractivity contribution in [3.05, 3.63) is 65.9 Å². The number of fused-ring (bicyclic) bond motifs is 6. The van der Waals surface area contributed by atoms with E-state index in [-0.39, 0.29) is 60.0 Å². The SMILES string of the molecule is CCC(C)C(NC(=O)O)C(=O)N1[C@@H](C)CC[C@H]1c1ncc(-c2ccc3c(c2)COc2cc4c(ccc5[nH]c([C@@H]6CC[C@H](C)N6C(=O)C(NC(=O)OC)C6C[C@@H](C)O[C@H](C)C6)nc54)cc2-3)[nH]1. The van der Waals surface area contributed by atoms with Gasteiger partial charge in [-0.05, 0) is 124 Å². The lowest BCUT2D eigenvalue weighted by atomic mass is 9.85. The van der Waals surface area contributed by atoms with Crippen molar-refractivity contribution in [2.75, 3.05) is 7.11 Å². The average molecular weight is 889 g/mol. The Morgan fingerprint density at radius 1 is 0.877 bits per heavy atom. The van der Waals surface area contributed by atoms with Gasteiger partial charge in [-0.2, -0.15) is 0 Å². The Balaban J connectivity index is 0.967. The number of aromatic amines is 2. The van der Waals surface area contributed by atoms with Gasteiger partial charge in [0, 0.05) is 23.0 Å². The number of H-pyrrole nitrogens is 2. The number of likely N-dealkylation sites (tertiary alicyclic amines) is 2. The minimum absolute atomic E-state index is 0.0370. The molecule has 9 atom stereocenters. The van der Waals surface area contributed by atoms with Crippen LogP contribution in [-0.4, -0.2) is 102 Å². The Kier molecular flexibility index (Phi) is 12.0. The van der Waals surface area contributed by atoms with E-state index in [0.29, 0.717) is 37.5 Å². The number of carbonyl (C=O) groups excluding carboxylic acids is 3. The highest BCUT2D eigenvalue weighted by atomic mass is 16.5. The van der Waals surface area contributed by atoms with Gasteiger partial charge in [-0.1, -0.05) is 38.5 Å². The number of nitrogens with zero attached hydrogens (tertiary/aromatic N) is 4. The van der Waals surface area contributed by atoms with Crippen LogP contribution in [0.2, 0.25) is 0 Å². The number of alkyl carbamates (subject to hydrolysis) is 1. The van der Waals surface area contributed by atoms with E-state index < -0.39 is 24.3 Å². The first-order valence-electron chi connectivity index (χ1n) is 23.1. The molecule has 6 heterocycles. The molecule has 5 aromatic rings. The van der Waals surface area contributed by atoms with Crippen LogP contribution in [-0.2, 0) is 25.7 Å². The van der Waals surface area contributed by atoms with Crippen LogP contribution < -0.4 is 15.4 Å². The fraction of sp³-hybridized carbons (Fsp3) is 0.510. The Labute approximate surface area is 378 Å². The summed E-state index contributed by atoms with van der Waals surface area (Å²) in [5.74, 6) is 1.52. The molecule has 344 valence electrons. The number of carboxylic acid groups (broad SMARTS) is 1. The fourth-order valence-electron chi connectivity index (χ4n) is 11.0. The monoisotopic (exact) mass is 888 g/mol. The predicted octanol–water partition coefficient (Wildman–Crippen LogP) is 8.38. The summed E-state index contributed by atoms with van der Waals surface area (Å²) >= 11 is 0. The zero-order valence-electron chi connectivity index (χ0n) is 38.1. The molecule has 0 saturated carbocycles. The highest BCUT2D eigenvalue weighted by Crippen LogP contribution is 2.44. The van der Waals surface area contributed by atoms with Crippen LogP contribution in [0, 0.1) is 11.8 Å². The number of nitrogens with one attached hydrogen (secondary N) is 4. The number of rotatable bonds is 10. The Hall–Kier alpha value is -6.16. The van der Waals surface area contributed by atoms with E-state index in [9.17, 15) is 24.3 Å². The third kappa shape index (κ3) is 8.25. The van der Waals surface area contributed by atoms with Gasteiger partial charge >= 0.3 is 12.2 Å². The molecule has 4 aliphatic rings. The van der Waals surface area contributed by atoms with Gasteiger partial charge in [0.15, 0.2) is 0 Å². The molecule has 2 aromatic heterocycles. The minimum Gasteiger partial charge on any atom is -0.488 e.